The van der Waals surface area contributed by atoms with Crippen molar-refractivity contribution in [2.45, 2.75) is 18.4 Å². The second kappa shape index (κ2) is 12.8. The van der Waals surface area contributed by atoms with Crippen LogP contribution in [0.4, 0.5) is 5.69 Å². The summed E-state index contributed by atoms with van der Waals surface area (Å²) in [5.41, 5.74) is 5.08. The zero-order valence-electron chi connectivity index (χ0n) is 20.9. The molecule has 0 bridgehead atoms. The fourth-order valence-corrected chi connectivity index (χ4v) is 5.55. The topological polar surface area (TPSA) is 88.1 Å². The minimum absolute atomic E-state index is 0.0185. The van der Waals surface area contributed by atoms with Crippen LogP contribution in [0.5, 0.6) is 5.75 Å². The van der Waals surface area contributed by atoms with E-state index in [-0.39, 0.29) is 20.6 Å². The number of benzene rings is 4. The Bertz CT molecular complexity index is 1560. The van der Waals surface area contributed by atoms with Crippen LogP contribution < -0.4 is 14.5 Å². The quantitative estimate of drug-likeness (QED) is 0.178. The second-order valence-corrected chi connectivity index (χ2v) is 11.3. The van der Waals surface area contributed by atoms with Gasteiger partial charge in [-0.1, -0.05) is 83.4 Å². The van der Waals surface area contributed by atoms with Crippen LogP contribution in [0, 0.1) is 6.92 Å². The number of nitrogens with zero attached hydrogens (tertiary/aromatic N) is 2. The Morgan fingerprint density at radius 2 is 1.56 bits per heavy atom. The number of carbonyl (C=O) groups is 1. The third-order valence-corrected chi connectivity index (χ3v) is 7.81. The minimum atomic E-state index is -4.13. The molecule has 1 N–H and O–H groups in total. The van der Waals surface area contributed by atoms with E-state index in [0.29, 0.717) is 17.9 Å². The number of carbonyl (C=O) groups excluding carboxylic acids is 1. The number of sulfonamides is 1. The zero-order valence-corrected chi connectivity index (χ0v) is 23.2. The molecule has 7 nitrogen and oxygen atoms in total. The molecule has 0 aliphatic carbocycles. The van der Waals surface area contributed by atoms with Gasteiger partial charge in [0.25, 0.3) is 15.9 Å². The van der Waals surface area contributed by atoms with Crippen LogP contribution >= 0.6 is 23.2 Å². The Labute approximate surface area is 237 Å². The van der Waals surface area contributed by atoms with Crippen molar-refractivity contribution >= 4 is 51.0 Å². The van der Waals surface area contributed by atoms with E-state index in [0.717, 1.165) is 15.4 Å². The van der Waals surface area contributed by atoms with E-state index >= 15 is 0 Å². The standard InChI is InChI=1S/C29H25Cl2N3O4S/c1-21-11-13-27(14-12-21)39(36,37)34(26-16-24(30)15-25(31)17-26)19-29(35)33-32-18-23-9-5-6-10-28(23)38-20-22-7-3-2-4-8-22/h2-18H,19-20H2,1H3,(H,33,35)/b32-18-. The molecule has 200 valence electrons. The minimum Gasteiger partial charge on any atom is -0.488 e. The molecular formula is C29H25Cl2N3O4S. The molecule has 0 atom stereocenters. The highest BCUT2D eigenvalue weighted by Gasteiger charge is 2.27. The van der Waals surface area contributed by atoms with Crippen LogP contribution in [0.3, 0.4) is 0 Å². The van der Waals surface area contributed by atoms with Gasteiger partial charge in [0.2, 0.25) is 0 Å². The summed E-state index contributed by atoms with van der Waals surface area (Å²) in [6.45, 7) is 1.66. The number of amides is 1. The molecule has 0 heterocycles. The maximum absolute atomic E-state index is 13.5. The lowest BCUT2D eigenvalue weighted by Crippen LogP contribution is -2.39. The third-order valence-electron chi connectivity index (χ3n) is 5.58. The number of halogens is 2. The third kappa shape index (κ3) is 7.60. The van der Waals surface area contributed by atoms with E-state index in [9.17, 15) is 13.2 Å². The van der Waals surface area contributed by atoms with E-state index in [1.54, 1.807) is 24.3 Å². The molecule has 0 aromatic heterocycles. The number of ether oxygens (including phenoxy) is 1. The molecule has 1 amide bonds. The Morgan fingerprint density at radius 1 is 0.923 bits per heavy atom. The van der Waals surface area contributed by atoms with Gasteiger partial charge in [-0.15, -0.1) is 0 Å². The fourth-order valence-electron chi connectivity index (χ4n) is 3.63. The molecular weight excluding hydrogens is 557 g/mol. The normalized spacial score (nSPS) is 11.4. The number of anilines is 1. The molecule has 0 radical (unpaired) electrons. The summed E-state index contributed by atoms with van der Waals surface area (Å²) in [5, 5.41) is 4.48. The first-order chi connectivity index (χ1) is 18.7. The molecule has 0 aliphatic heterocycles. The smallest absolute Gasteiger partial charge is 0.264 e. The molecule has 4 rings (SSSR count). The molecule has 4 aromatic carbocycles. The maximum Gasteiger partial charge on any atom is 0.264 e. The zero-order chi connectivity index (χ0) is 27.8. The average molecular weight is 583 g/mol. The van der Waals surface area contributed by atoms with Gasteiger partial charge < -0.3 is 4.74 Å². The number of hydrogen-bond acceptors (Lipinski definition) is 5. The summed E-state index contributed by atoms with van der Waals surface area (Å²) in [4.78, 5) is 12.9. The van der Waals surface area contributed by atoms with E-state index in [4.69, 9.17) is 27.9 Å². The lowest BCUT2D eigenvalue weighted by molar-refractivity contribution is -0.119. The molecule has 0 aliphatic rings. The number of aryl methyl sites for hydroxylation is 1. The van der Waals surface area contributed by atoms with Gasteiger partial charge in [-0.25, -0.2) is 13.8 Å². The van der Waals surface area contributed by atoms with Gasteiger partial charge in [0.05, 0.1) is 16.8 Å². The lowest BCUT2D eigenvalue weighted by Gasteiger charge is -2.24. The SMILES string of the molecule is Cc1ccc(S(=O)(=O)N(CC(=O)N/N=C\c2ccccc2OCc2ccccc2)c2cc(Cl)cc(Cl)c2)cc1. The highest BCUT2D eigenvalue weighted by atomic mass is 35.5. The van der Waals surface area contributed by atoms with Crippen molar-refractivity contribution in [1.82, 2.24) is 5.43 Å². The van der Waals surface area contributed by atoms with Crippen molar-refractivity contribution in [3.63, 3.8) is 0 Å². The van der Waals surface area contributed by atoms with Crippen LogP contribution in [0.25, 0.3) is 0 Å². The van der Waals surface area contributed by atoms with E-state index in [1.807, 2.05) is 49.4 Å². The number of nitrogens with one attached hydrogen (secondary N) is 1. The number of para-hydroxylation sites is 1. The van der Waals surface area contributed by atoms with Crippen molar-refractivity contribution in [3.05, 3.63) is 124 Å². The summed E-state index contributed by atoms with van der Waals surface area (Å²) in [5.74, 6) is -0.0859. The van der Waals surface area contributed by atoms with Gasteiger partial charge in [0, 0.05) is 15.6 Å². The first kappa shape index (κ1) is 28.2. The predicted octanol–water partition coefficient (Wildman–Crippen LogP) is 6.23. The molecule has 0 saturated heterocycles. The second-order valence-electron chi connectivity index (χ2n) is 8.56. The highest BCUT2D eigenvalue weighted by molar-refractivity contribution is 7.92. The van der Waals surface area contributed by atoms with Crippen molar-refractivity contribution in [2.75, 3.05) is 10.8 Å². The summed E-state index contributed by atoms with van der Waals surface area (Å²) < 4.78 is 33.9. The monoisotopic (exact) mass is 581 g/mol. The van der Waals surface area contributed by atoms with Gasteiger partial charge in [0.1, 0.15) is 18.9 Å². The molecule has 4 aromatic rings. The summed E-state index contributed by atoms with van der Waals surface area (Å²) in [7, 11) is -4.13. The summed E-state index contributed by atoms with van der Waals surface area (Å²) in [6.07, 6.45) is 1.44. The van der Waals surface area contributed by atoms with Gasteiger partial charge in [-0.3, -0.25) is 9.10 Å². The Kier molecular flexibility index (Phi) is 9.24. The Hall–Kier alpha value is -3.85. The molecule has 0 spiro atoms. The van der Waals surface area contributed by atoms with E-state index < -0.39 is 22.5 Å². The summed E-state index contributed by atoms with van der Waals surface area (Å²) in [6, 6.07) is 27.6. The van der Waals surface area contributed by atoms with E-state index in [2.05, 4.69) is 10.5 Å². The van der Waals surface area contributed by atoms with Gasteiger partial charge in [-0.2, -0.15) is 5.10 Å². The van der Waals surface area contributed by atoms with Gasteiger partial charge in [-0.05, 0) is 55.0 Å². The van der Waals surface area contributed by atoms with Crippen LogP contribution in [0.1, 0.15) is 16.7 Å². The number of hydrazone groups is 1. The highest BCUT2D eigenvalue weighted by Crippen LogP contribution is 2.29. The largest absolute Gasteiger partial charge is 0.488 e. The van der Waals surface area contributed by atoms with Crippen LogP contribution in [-0.2, 0) is 21.4 Å². The van der Waals surface area contributed by atoms with Crippen LogP contribution in [0.2, 0.25) is 10.0 Å². The van der Waals surface area contributed by atoms with E-state index in [1.165, 1.54) is 36.5 Å². The molecule has 10 heteroatoms. The fraction of sp³-hybridized carbons (Fsp3) is 0.103. The molecule has 0 saturated carbocycles. The van der Waals surface area contributed by atoms with Crippen molar-refractivity contribution in [1.29, 1.82) is 0 Å². The lowest BCUT2D eigenvalue weighted by atomic mass is 10.2. The van der Waals surface area contributed by atoms with Gasteiger partial charge >= 0.3 is 0 Å². The number of rotatable bonds is 10. The van der Waals surface area contributed by atoms with Crippen LogP contribution in [-0.4, -0.2) is 27.1 Å². The summed E-state index contributed by atoms with van der Waals surface area (Å²) >= 11 is 12.3. The van der Waals surface area contributed by atoms with Gasteiger partial charge in [0.15, 0.2) is 0 Å². The maximum atomic E-state index is 13.5. The van der Waals surface area contributed by atoms with Crippen molar-refractivity contribution in [3.8, 4) is 5.75 Å². The van der Waals surface area contributed by atoms with Crippen molar-refractivity contribution in [2.24, 2.45) is 5.10 Å². The predicted molar refractivity (Wildman–Crippen MR) is 155 cm³/mol. The van der Waals surface area contributed by atoms with Crippen molar-refractivity contribution < 1.29 is 17.9 Å². The first-order valence-corrected chi connectivity index (χ1v) is 14.0. The van der Waals surface area contributed by atoms with Crippen LogP contribution in [0.15, 0.2) is 107 Å². The number of hydrogen-bond donors (Lipinski definition) is 1. The Morgan fingerprint density at radius 3 is 2.26 bits per heavy atom. The molecule has 0 unspecified atom stereocenters. The average Bonchev–Trinajstić information content (AvgIpc) is 2.91. The molecule has 39 heavy (non-hydrogen) atoms. The Balaban J connectivity index is 1.51. The first-order valence-electron chi connectivity index (χ1n) is 11.9. The molecule has 0 fully saturated rings.